The second kappa shape index (κ2) is 6.77. The van der Waals surface area contributed by atoms with Crippen molar-refractivity contribution < 1.29 is 14.0 Å². The predicted molar refractivity (Wildman–Crippen MR) is 87.8 cm³/mol. The van der Waals surface area contributed by atoms with E-state index >= 15 is 0 Å². The SMILES string of the molecule is CSCc1ccc(C(=O)NC[C@@H]2CC(=O)N(C(C)(C)C)C2)o1. The lowest BCUT2D eigenvalue weighted by Gasteiger charge is -2.32. The molecule has 22 heavy (non-hydrogen) atoms. The second-order valence-electron chi connectivity index (χ2n) is 6.65. The molecule has 0 saturated carbocycles. The molecule has 1 fully saturated rings. The Kier molecular flexibility index (Phi) is 5.21. The lowest BCUT2D eigenvalue weighted by atomic mass is 10.1. The molecule has 1 saturated heterocycles. The van der Waals surface area contributed by atoms with Crippen molar-refractivity contribution in [1.82, 2.24) is 10.2 Å². The van der Waals surface area contributed by atoms with Gasteiger partial charge in [0.15, 0.2) is 5.76 Å². The van der Waals surface area contributed by atoms with Gasteiger partial charge in [0.25, 0.3) is 5.91 Å². The van der Waals surface area contributed by atoms with Crippen molar-refractivity contribution in [3.63, 3.8) is 0 Å². The van der Waals surface area contributed by atoms with E-state index < -0.39 is 0 Å². The molecule has 0 bridgehead atoms. The Hall–Kier alpha value is -1.43. The molecule has 0 spiro atoms. The number of hydrogen-bond acceptors (Lipinski definition) is 4. The number of likely N-dealkylation sites (tertiary alicyclic amines) is 1. The molecule has 2 heterocycles. The molecule has 6 heteroatoms. The quantitative estimate of drug-likeness (QED) is 0.904. The number of nitrogens with one attached hydrogen (secondary N) is 1. The summed E-state index contributed by atoms with van der Waals surface area (Å²) in [7, 11) is 0. The van der Waals surface area contributed by atoms with Crippen molar-refractivity contribution in [1.29, 1.82) is 0 Å². The molecule has 1 aliphatic heterocycles. The summed E-state index contributed by atoms with van der Waals surface area (Å²) < 4.78 is 5.49. The summed E-state index contributed by atoms with van der Waals surface area (Å²) in [5.41, 5.74) is -0.163. The minimum absolute atomic E-state index is 0.159. The van der Waals surface area contributed by atoms with Crippen LogP contribution in [0.5, 0.6) is 0 Å². The number of thioether (sulfide) groups is 1. The largest absolute Gasteiger partial charge is 0.455 e. The Morgan fingerprint density at radius 3 is 2.77 bits per heavy atom. The highest BCUT2D eigenvalue weighted by Crippen LogP contribution is 2.25. The number of carbonyl (C=O) groups excluding carboxylic acids is 2. The van der Waals surface area contributed by atoms with Crippen molar-refractivity contribution in [2.24, 2.45) is 5.92 Å². The first-order valence-corrected chi connectivity index (χ1v) is 8.87. The van der Waals surface area contributed by atoms with Gasteiger partial charge in [-0.2, -0.15) is 11.8 Å². The highest BCUT2D eigenvalue weighted by molar-refractivity contribution is 7.97. The van der Waals surface area contributed by atoms with E-state index in [1.807, 2.05) is 38.0 Å². The first kappa shape index (κ1) is 16.9. The van der Waals surface area contributed by atoms with E-state index in [0.717, 1.165) is 11.5 Å². The van der Waals surface area contributed by atoms with Crippen LogP contribution in [-0.4, -0.2) is 41.6 Å². The molecule has 1 aromatic rings. The van der Waals surface area contributed by atoms with Crippen LogP contribution in [0, 0.1) is 5.92 Å². The fourth-order valence-electron chi connectivity index (χ4n) is 2.61. The van der Waals surface area contributed by atoms with Gasteiger partial charge in [-0.05, 0) is 39.2 Å². The summed E-state index contributed by atoms with van der Waals surface area (Å²) in [5.74, 6) is 2.00. The van der Waals surface area contributed by atoms with E-state index in [4.69, 9.17) is 4.42 Å². The van der Waals surface area contributed by atoms with Crippen molar-refractivity contribution in [2.45, 2.75) is 38.5 Å². The van der Waals surface area contributed by atoms with Crippen LogP contribution in [0.3, 0.4) is 0 Å². The zero-order valence-corrected chi connectivity index (χ0v) is 14.5. The van der Waals surface area contributed by atoms with Crippen LogP contribution in [0.15, 0.2) is 16.5 Å². The summed E-state index contributed by atoms with van der Waals surface area (Å²) in [6.07, 6.45) is 2.48. The lowest BCUT2D eigenvalue weighted by Crippen LogP contribution is -2.42. The standard InChI is InChI=1S/C16H24N2O3S/c1-16(2,3)18-9-11(7-14(18)19)8-17-15(20)13-6-5-12(21-13)10-22-4/h5-6,11H,7-10H2,1-4H3,(H,17,20)/t11-/m0/s1. The maximum absolute atomic E-state index is 12.1. The average molecular weight is 324 g/mol. The molecule has 5 nitrogen and oxygen atoms in total. The van der Waals surface area contributed by atoms with Crippen LogP contribution in [0.1, 0.15) is 43.5 Å². The molecule has 122 valence electrons. The first-order chi connectivity index (χ1) is 10.3. The minimum atomic E-state index is -0.214. The van der Waals surface area contributed by atoms with Gasteiger partial charge in [0.05, 0.1) is 5.75 Å². The molecule has 0 unspecified atom stereocenters. The average Bonchev–Trinajstić information content (AvgIpc) is 3.02. The molecule has 1 atom stereocenters. The van der Waals surface area contributed by atoms with E-state index in [1.165, 1.54) is 0 Å². The van der Waals surface area contributed by atoms with Gasteiger partial charge in [-0.15, -0.1) is 0 Å². The van der Waals surface area contributed by atoms with Gasteiger partial charge in [0.1, 0.15) is 5.76 Å². The molecule has 2 amide bonds. The lowest BCUT2D eigenvalue weighted by molar-refractivity contribution is -0.131. The van der Waals surface area contributed by atoms with Crippen LogP contribution < -0.4 is 5.32 Å². The number of nitrogens with zero attached hydrogens (tertiary/aromatic N) is 1. The molecular formula is C16H24N2O3S. The zero-order chi connectivity index (χ0) is 16.3. The smallest absolute Gasteiger partial charge is 0.287 e. The van der Waals surface area contributed by atoms with E-state index in [-0.39, 0.29) is 23.3 Å². The first-order valence-electron chi connectivity index (χ1n) is 7.47. The number of amides is 2. The summed E-state index contributed by atoms with van der Waals surface area (Å²) in [4.78, 5) is 26.0. The molecule has 1 N–H and O–H groups in total. The Morgan fingerprint density at radius 1 is 1.45 bits per heavy atom. The Balaban J connectivity index is 1.85. The molecule has 1 aromatic heterocycles. The molecule has 0 radical (unpaired) electrons. The van der Waals surface area contributed by atoms with E-state index in [0.29, 0.717) is 25.3 Å². The molecular weight excluding hydrogens is 300 g/mol. The van der Waals surface area contributed by atoms with Crippen LogP contribution in [0.2, 0.25) is 0 Å². The van der Waals surface area contributed by atoms with Gasteiger partial charge >= 0.3 is 0 Å². The van der Waals surface area contributed by atoms with Crippen molar-refractivity contribution in [3.05, 3.63) is 23.7 Å². The second-order valence-corrected chi connectivity index (χ2v) is 7.52. The van der Waals surface area contributed by atoms with Crippen LogP contribution in [-0.2, 0) is 10.5 Å². The van der Waals surface area contributed by atoms with E-state index in [2.05, 4.69) is 5.32 Å². The van der Waals surface area contributed by atoms with Gasteiger partial charge in [0, 0.05) is 31.0 Å². The van der Waals surface area contributed by atoms with Crippen molar-refractivity contribution >= 4 is 23.6 Å². The molecule has 0 aliphatic carbocycles. The highest BCUT2D eigenvalue weighted by Gasteiger charge is 2.36. The fraction of sp³-hybridized carbons (Fsp3) is 0.625. The van der Waals surface area contributed by atoms with Gasteiger partial charge < -0.3 is 14.6 Å². The Morgan fingerprint density at radius 2 is 2.18 bits per heavy atom. The third kappa shape index (κ3) is 4.06. The maximum Gasteiger partial charge on any atom is 0.287 e. The van der Waals surface area contributed by atoms with Crippen LogP contribution in [0.25, 0.3) is 0 Å². The van der Waals surface area contributed by atoms with Gasteiger partial charge in [-0.1, -0.05) is 0 Å². The third-order valence-electron chi connectivity index (χ3n) is 3.74. The summed E-state index contributed by atoms with van der Waals surface area (Å²) in [6, 6.07) is 3.52. The van der Waals surface area contributed by atoms with Gasteiger partial charge in [-0.3, -0.25) is 9.59 Å². The normalized spacial score (nSPS) is 18.8. The fourth-order valence-corrected chi connectivity index (χ4v) is 3.05. The Labute approximate surface area is 135 Å². The summed E-state index contributed by atoms with van der Waals surface area (Å²) in [5, 5.41) is 2.87. The zero-order valence-electron chi connectivity index (χ0n) is 13.6. The number of carbonyl (C=O) groups is 2. The van der Waals surface area contributed by atoms with Gasteiger partial charge in [0.2, 0.25) is 5.91 Å². The monoisotopic (exact) mass is 324 g/mol. The maximum atomic E-state index is 12.1. The van der Waals surface area contributed by atoms with Gasteiger partial charge in [-0.25, -0.2) is 0 Å². The van der Waals surface area contributed by atoms with Crippen LogP contribution >= 0.6 is 11.8 Å². The number of rotatable bonds is 5. The van der Waals surface area contributed by atoms with E-state index in [1.54, 1.807) is 17.8 Å². The molecule has 1 aliphatic rings. The van der Waals surface area contributed by atoms with E-state index in [9.17, 15) is 9.59 Å². The Bertz CT molecular complexity index is 548. The minimum Gasteiger partial charge on any atom is -0.455 e. The highest BCUT2D eigenvalue weighted by atomic mass is 32.2. The predicted octanol–water partition coefficient (Wildman–Crippen LogP) is 2.52. The van der Waals surface area contributed by atoms with Crippen molar-refractivity contribution in [2.75, 3.05) is 19.3 Å². The molecule has 0 aromatic carbocycles. The number of furan rings is 1. The van der Waals surface area contributed by atoms with Crippen molar-refractivity contribution in [3.8, 4) is 0 Å². The molecule has 2 rings (SSSR count). The topological polar surface area (TPSA) is 62.6 Å². The third-order valence-corrected chi connectivity index (χ3v) is 4.31. The number of hydrogen-bond donors (Lipinski definition) is 1. The summed E-state index contributed by atoms with van der Waals surface area (Å²) in [6.45, 7) is 7.28. The summed E-state index contributed by atoms with van der Waals surface area (Å²) >= 11 is 1.65. The van der Waals surface area contributed by atoms with Crippen LogP contribution in [0.4, 0.5) is 0 Å².